The van der Waals surface area contributed by atoms with Crippen LogP contribution >= 0.6 is 27.7 Å². The van der Waals surface area contributed by atoms with Gasteiger partial charge in [0.15, 0.2) is 0 Å². The molecule has 1 N–H and O–H groups in total. The fourth-order valence-corrected chi connectivity index (χ4v) is 3.04. The molecule has 2 aromatic rings. The van der Waals surface area contributed by atoms with E-state index in [9.17, 15) is 0 Å². The van der Waals surface area contributed by atoms with Crippen molar-refractivity contribution < 1.29 is 0 Å². The van der Waals surface area contributed by atoms with Gasteiger partial charge in [0.1, 0.15) is 11.4 Å². The molecule has 1 aliphatic carbocycles. The summed E-state index contributed by atoms with van der Waals surface area (Å²) in [7, 11) is 0. The van der Waals surface area contributed by atoms with Gasteiger partial charge in [-0.15, -0.1) is 0 Å². The molecule has 1 heterocycles. The monoisotopic (exact) mass is 335 g/mol. The molecule has 0 saturated heterocycles. The third kappa shape index (κ3) is 3.78. The molecule has 98 valence electrons. The summed E-state index contributed by atoms with van der Waals surface area (Å²) in [6.07, 6.45) is 5.98. The molecule has 0 aliphatic heterocycles. The second-order valence-electron chi connectivity index (χ2n) is 4.56. The van der Waals surface area contributed by atoms with Crippen molar-refractivity contribution in [1.82, 2.24) is 15.3 Å². The van der Waals surface area contributed by atoms with Gasteiger partial charge in [-0.2, -0.15) is 0 Å². The maximum absolute atomic E-state index is 4.26. The van der Waals surface area contributed by atoms with E-state index in [2.05, 4.69) is 49.4 Å². The lowest BCUT2D eigenvalue weighted by molar-refractivity contribution is 0.680. The zero-order valence-electron chi connectivity index (χ0n) is 10.3. The molecule has 5 heteroatoms. The Bertz CT molecular complexity index is 558. The van der Waals surface area contributed by atoms with Gasteiger partial charge in [0.05, 0.1) is 0 Å². The van der Waals surface area contributed by atoms with E-state index < -0.39 is 0 Å². The molecule has 0 radical (unpaired) electrons. The van der Waals surface area contributed by atoms with Gasteiger partial charge in [-0.05, 0) is 42.7 Å². The predicted molar refractivity (Wildman–Crippen MR) is 80.2 cm³/mol. The largest absolute Gasteiger partial charge is 0.310 e. The minimum atomic E-state index is 0.718. The van der Waals surface area contributed by atoms with Gasteiger partial charge in [0, 0.05) is 28.2 Å². The van der Waals surface area contributed by atoms with Gasteiger partial charge in [-0.25, -0.2) is 9.97 Å². The summed E-state index contributed by atoms with van der Waals surface area (Å²) in [5.74, 6) is 0. The van der Waals surface area contributed by atoms with Crippen molar-refractivity contribution in [3.8, 4) is 0 Å². The summed E-state index contributed by atoms with van der Waals surface area (Å²) in [6, 6.07) is 9.05. The van der Waals surface area contributed by atoms with Crippen molar-refractivity contribution in [2.75, 3.05) is 0 Å². The normalized spacial score (nSPS) is 14.6. The molecule has 0 unspecified atom stereocenters. The molecule has 1 aliphatic rings. The molecule has 1 saturated carbocycles. The van der Waals surface area contributed by atoms with Crippen molar-refractivity contribution in [2.45, 2.75) is 35.3 Å². The topological polar surface area (TPSA) is 37.8 Å². The number of rotatable bonds is 5. The third-order valence-corrected chi connectivity index (χ3v) is 4.51. The van der Waals surface area contributed by atoms with Crippen molar-refractivity contribution in [2.24, 2.45) is 0 Å². The molecule has 1 aromatic carbocycles. The zero-order valence-corrected chi connectivity index (χ0v) is 12.7. The Morgan fingerprint density at radius 1 is 1.32 bits per heavy atom. The lowest BCUT2D eigenvalue weighted by Gasteiger charge is -2.10. The second-order valence-corrected chi connectivity index (χ2v) is 6.53. The Morgan fingerprint density at radius 2 is 2.21 bits per heavy atom. The number of hydrogen-bond acceptors (Lipinski definition) is 4. The Balaban J connectivity index is 1.78. The number of benzene rings is 1. The summed E-state index contributed by atoms with van der Waals surface area (Å²) in [5, 5.41) is 4.54. The van der Waals surface area contributed by atoms with E-state index in [1.807, 2.05) is 6.07 Å². The standard InChI is InChI=1S/C14H14BrN3S/c15-11-1-4-13(19-14-5-6-16-9-18-14)10(7-11)8-17-12-2-3-12/h1,4-7,9,12,17H,2-3,8H2. The van der Waals surface area contributed by atoms with E-state index >= 15 is 0 Å². The van der Waals surface area contributed by atoms with Gasteiger partial charge < -0.3 is 5.32 Å². The van der Waals surface area contributed by atoms with Crippen LogP contribution in [0.25, 0.3) is 0 Å². The van der Waals surface area contributed by atoms with Crippen molar-refractivity contribution in [3.05, 3.63) is 46.8 Å². The first-order valence-corrected chi connectivity index (χ1v) is 7.88. The van der Waals surface area contributed by atoms with E-state index in [-0.39, 0.29) is 0 Å². The van der Waals surface area contributed by atoms with Gasteiger partial charge >= 0.3 is 0 Å². The highest BCUT2D eigenvalue weighted by Crippen LogP contribution is 2.31. The summed E-state index contributed by atoms with van der Waals surface area (Å²) in [4.78, 5) is 9.46. The van der Waals surface area contributed by atoms with Crippen molar-refractivity contribution in [1.29, 1.82) is 0 Å². The molecule has 0 amide bonds. The highest BCUT2D eigenvalue weighted by Gasteiger charge is 2.20. The molecular formula is C14H14BrN3S. The maximum atomic E-state index is 4.26. The SMILES string of the molecule is Brc1ccc(Sc2ccncn2)c(CNC2CC2)c1. The summed E-state index contributed by atoms with van der Waals surface area (Å²) < 4.78 is 1.12. The fourth-order valence-electron chi connectivity index (χ4n) is 1.78. The third-order valence-electron chi connectivity index (χ3n) is 2.95. The molecule has 3 nitrogen and oxygen atoms in total. The fraction of sp³-hybridized carbons (Fsp3) is 0.286. The molecule has 19 heavy (non-hydrogen) atoms. The first-order chi connectivity index (χ1) is 9.31. The van der Waals surface area contributed by atoms with Crippen LogP contribution in [0.2, 0.25) is 0 Å². The first kappa shape index (κ1) is 13.1. The first-order valence-electron chi connectivity index (χ1n) is 6.27. The number of aromatic nitrogens is 2. The Labute approximate surface area is 125 Å². The second kappa shape index (κ2) is 6.03. The van der Waals surface area contributed by atoms with Crippen LogP contribution in [0.5, 0.6) is 0 Å². The van der Waals surface area contributed by atoms with Crippen LogP contribution in [0, 0.1) is 0 Å². The van der Waals surface area contributed by atoms with Crippen molar-refractivity contribution >= 4 is 27.7 Å². The average molecular weight is 336 g/mol. The van der Waals surface area contributed by atoms with E-state index in [4.69, 9.17) is 0 Å². The molecular weight excluding hydrogens is 322 g/mol. The number of nitrogens with one attached hydrogen (secondary N) is 1. The summed E-state index contributed by atoms with van der Waals surface area (Å²) in [6.45, 7) is 0.914. The molecule has 0 bridgehead atoms. The molecule has 0 spiro atoms. The van der Waals surface area contributed by atoms with Crippen LogP contribution in [0.4, 0.5) is 0 Å². The predicted octanol–water partition coefficient (Wildman–Crippen LogP) is 3.64. The van der Waals surface area contributed by atoms with E-state index in [1.165, 1.54) is 23.3 Å². The van der Waals surface area contributed by atoms with Gasteiger partial charge in [-0.1, -0.05) is 27.7 Å². The van der Waals surface area contributed by atoms with Crippen LogP contribution in [0.1, 0.15) is 18.4 Å². The summed E-state index contributed by atoms with van der Waals surface area (Å²) >= 11 is 5.22. The maximum Gasteiger partial charge on any atom is 0.116 e. The van der Waals surface area contributed by atoms with E-state index in [0.717, 1.165) is 22.1 Å². The smallest absolute Gasteiger partial charge is 0.116 e. The summed E-state index contributed by atoms with van der Waals surface area (Å²) in [5.41, 5.74) is 1.31. The van der Waals surface area contributed by atoms with Crippen LogP contribution in [-0.2, 0) is 6.54 Å². The zero-order chi connectivity index (χ0) is 13.1. The van der Waals surface area contributed by atoms with Crippen LogP contribution in [-0.4, -0.2) is 16.0 Å². The van der Waals surface area contributed by atoms with Crippen LogP contribution in [0.15, 0.2) is 51.2 Å². The Morgan fingerprint density at radius 3 is 2.95 bits per heavy atom. The number of halogens is 1. The Kier molecular flexibility index (Phi) is 4.15. The molecule has 1 aromatic heterocycles. The quantitative estimate of drug-likeness (QED) is 0.846. The van der Waals surface area contributed by atoms with Crippen LogP contribution < -0.4 is 5.32 Å². The molecule has 0 atom stereocenters. The highest BCUT2D eigenvalue weighted by molar-refractivity contribution is 9.10. The minimum absolute atomic E-state index is 0.718. The average Bonchev–Trinajstić information content (AvgIpc) is 3.24. The Hall–Kier alpha value is -0.910. The van der Waals surface area contributed by atoms with Gasteiger partial charge in [-0.3, -0.25) is 0 Å². The number of nitrogens with zero attached hydrogens (tertiary/aromatic N) is 2. The molecule has 3 rings (SSSR count). The number of hydrogen-bond donors (Lipinski definition) is 1. The van der Waals surface area contributed by atoms with E-state index in [1.54, 1.807) is 24.3 Å². The lowest BCUT2D eigenvalue weighted by atomic mass is 10.2. The van der Waals surface area contributed by atoms with Gasteiger partial charge in [0.25, 0.3) is 0 Å². The van der Waals surface area contributed by atoms with Crippen molar-refractivity contribution in [3.63, 3.8) is 0 Å². The molecule has 1 fully saturated rings. The minimum Gasteiger partial charge on any atom is -0.310 e. The van der Waals surface area contributed by atoms with Gasteiger partial charge in [0.2, 0.25) is 0 Å². The lowest BCUT2D eigenvalue weighted by Crippen LogP contribution is -2.15. The highest BCUT2D eigenvalue weighted by atomic mass is 79.9. The van der Waals surface area contributed by atoms with E-state index in [0.29, 0.717) is 0 Å². The van der Waals surface area contributed by atoms with Crippen LogP contribution in [0.3, 0.4) is 0 Å².